The fraction of sp³-hybridized carbons (Fsp3) is 0.105. The maximum Gasteiger partial charge on any atom is 0.262 e. The molecule has 1 unspecified atom stereocenters. The summed E-state index contributed by atoms with van der Waals surface area (Å²) in [5, 5.41) is 3.52. The first-order valence-electron chi connectivity index (χ1n) is 7.54. The molecule has 3 nitrogen and oxygen atoms in total. The average Bonchev–Trinajstić information content (AvgIpc) is 3.02. The zero-order valence-electron chi connectivity index (χ0n) is 12.7. The third-order valence-electron chi connectivity index (χ3n) is 3.99. The van der Waals surface area contributed by atoms with Gasteiger partial charge in [-0.3, -0.25) is 9.69 Å². The zero-order valence-corrected chi connectivity index (χ0v) is 13.5. The Balaban J connectivity index is 1.86. The summed E-state index contributed by atoms with van der Waals surface area (Å²) in [6.45, 7) is 2.08. The normalized spacial score (nSPS) is 16.8. The largest absolute Gasteiger partial charge is 0.360 e. The highest BCUT2D eigenvalue weighted by atomic mass is 32.1. The molecule has 3 aromatic rings. The molecule has 2 aromatic carbocycles. The molecule has 0 saturated heterocycles. The molecule has 114 valence electrons. The topological polar surface area (TPSA) is 32.3 Å². The number of hydrogen-bond acceptors (Lipinski definition) is 3. The third kappa shape index (κ3) is 2.41. The van der Waals surface area contributed by atoms with Crippen molar-refractivity contribution in [2.75, 3.05) is 10.2 Å². The summed E-state index contributed by atoms with van der Waals surface area (Å²) < 4.78 is 0. The standard InChI is InChI=1S/C19H16N2OS/c1-13-11-12-17(23-13)18-20-16-10-6-5-9-15(16)19(22)21(18)14-7-3-2-4-8-14/h2-12,18,20H,1H3. The number of nitrogens with zero attached hydrogens (tertiary/aromatic N) is 1. The van der Waals surface area contributed by atoms with Crippen LogP contribution in [0.5, 0.6) is 0 Å². The number of fused-ring (bicyclic) bond motifs is 1. The molecule has 4 rings (SSSR count). The van der Waals surface area contributed by atoms with Crippen LogP contribution in [-0.2, 0) is 0 Å². The van der Waals surface area contributed by atoms with Gasteiger partial charge in [0.25, 0.3) is 5.91 Å². The van der Waals surface area contributed by atoms with Crippen LogP contribution < -0.4 is 10.2 Å². The summed E-state index contributed by atoms with van der Waals surface area (Å²) in [4.78, 5) is 17.3. The second-order valence-corrected chi connectivity index (χ2v) is 6.87. The lowest BCUT2D eigenvalue weighted by atomic mass is 10.1. The second kappa shape index (κ2) is 5.56. The number of aryl methyl sites for hydroxylation is 1. The Bertz CT molecular complexity index is 857. The van der Waals surface area contributed by atoms with E-state index in [1.54, 1.807) is 11.3 Å². The molecular weight excluding hydrogens is 304 g/mol. The number of rotatable bonds is 2. The average molecular weight is 320 g/mol. The van der Waals surface area contributed by atoms with Crippen LogP contribution in [0.1, 0.15) is 26.3 Å². The molecule has 1 aliphatic heterocycles. The Morgan fingerprint density at radius 2 is 1.70 bits per heavy atom. The number of carbonyl (C=O) groups excluding carboxylic acids is 1. The number of amides is 1. The van der Waals surface area contributed by atoms with Crippen LogP contribution in [0.15, 0.2) is 66.7 Å². The van der Waals surface area contributed by atoms with Crippen LogP contribution in [0.2, 0.25) is 0 Å². The van der Waals surface area contributed by atoms with E-state index in [1.165, 1.54) is 4.88 Å². The fourth-order valence-electron chi connectivity index (χ4n) is 2.91. The van der Waals surface area contributed by atoms with Gasteiger partial charge in [0, 0.05) is 21.1 Å². The Labute approximate surface area is 139 Å². The smallest absolute Gasteiger partial charge is 0.262 e. The van der Waals surface area contributed by atoms with Crippen molar-refractivity contribution in [3.63, 3.8) is 0 Å². The summed E-state index contributed by atoms with van der Waals surface area (Å²) in [5.41, 5.74) is 2.50. The molecule has 1 amide bonds. The molecule has 0 aliphatic carbocycles. The van der Waals surface area contributed by atoms with E-state index in [9.17, 15) is 4.79 Å². The number of thiophene rings is 1. The summed E-state index contributed by atoms with van der Waals surface area (Å²) in [6.07, 6.45) is -0.182. The molecule has 23 heavy (non-hydrogen) atoms. The number of nitrogens with one attached hydrogen (secondary N) is 1. The maximum atomic E-state index is 13.1. The number of hydrogen-bond donors (Lipinski definition) is 1. The molecule has 0 fully saturated rings. The van der Waals surface area contributed by atoms with E-state index in [2.05, 4.69) is 24.4 Å². The van der Waals surface area contributed by atoms with Crippen molar-refractivity contribution >= 4 is 28.6 Å². The summed E-state index contributed by atoms with van der Waals surface area (Å²) in [7, 11) is 0. The monoisotopic (exact) mass is 320 g/mol. The molecule has 1 atom stereocenters. The lowest BCUT2D eigenvalue weighted by Crippen LogP contribution is -2.42. The van der Waals surface area contributed by atoms with Gasteiger partial charge in [-0.25, -0.2) is 0 Å². The molecule has 1 aliphatic rings. The molecule has 0 spiro atoms. The van der Waals surface area contributed by atoms with Crippen molar-refractivity contribution in [3.8, 4) is 0 Å². The minimum absolute atomic E-state index is 0.0293. The van der Waals surface area contributed by atoms with Crippen LogP contribution in [0.3, 0.4) is 0 Å². The van der Waals surface area contributed by atoms with Gasteiger partial charge in [0.1, 0.15) is 6.17 Å². The minimum atomic E-state index is -0.182. The minimum Gasteiger partial charge on any atom is -0.360 e. The molecule has 1 aromatic heterocycles. The maximum absolute atomic E-state index is 13.1. The van der Waals surface area contributed by atoms with E-state index in [-0.39, 0.29) is 12.1 Å². The van der Waals surface area contributed by atoms with Gasteiger partial charge in [0.2, 0.25) is 0 Å². The van der Waals surface area contributed by atoms with Crippen molar-refractivity contribution in [1.29, 1.82) is 0 Å². The lowest BCUT2D eigenvalue weighted by Gasteiger charge is -2.37. The molecular formula is C19H16N2OS. The highest BCUT2D eigenvalue weighted by Gasteiger charge is 2.34. The van der Waals surface area contributed by atoms with Crippen molar-refractivity contribution in [2.24, 2.45) is 0 Å². The van der Waals surface area contributed by atoms with E-state index in [4.69, 9.17) is 0 Å². The highest BCUT2D eigenvalue weighted by Crippen LogP contribution is 2.38. The molecule has 0 saturated carbocycles. The fourth-order valence-corrected chi connectivity index (χ4v) is 3.83. The third-order valence-corrected chi connectivity index (χ3v) is 5.04. The quantitative estimate of drug-likeness (QED) is 0.733. The SMILES string of the molecule is Cc1ccc(C2Nc3ccccc3C(=O)N2c2ccccc2)s1. The summed E-state index contributed by atoms with van der Waals surface area (Å²) in [6, 6.07) is 21.7. The van der Waals surface area contributed by atoms with E-state index in [1.807, 2.05) is 59.5 Å². The van der Waals surface area contributed by atoms with Gasteiger partial charge in [-0.1, -0.05) is 30.3 Å². The first-order chi connectivity index (χ1) is 11.2. The molecule has 0 bridgehead atoms. The first kappa shape index (κ1) is 14.0. The number of carbonyl (C=O) groups is 1. The van der Waals surface area contributed by atoms with Gasteiger partial charge >= 0.3 is 0 Å². The van der Waals surface area contributed by atoms with Crippen LogP contribution in [0.4, 0.5) is 11.4 Å². The van der Waals surface area contributed by atoms with Gasteiger partial charge < -0.3 is 5.32 Å². The molecule has 4 heteroatoms. The Hall–Kier alpha value is -2.59. The van der Waals surface area contributed by atoms with Gasteiger partial charge in [-0.2, -0.15) is 0 Å². The highest BCUT2D eigenvalue weighted by molar-refractivity contribution is 7.12. The van der Waals surface area contributed by atoms with Gasteiger partial charge in [-0.05, 0) is 43.3 Å². The van der Waals surface area contributed by atoms with E-state index in [0.717, 1.165) is 16.3 Å². The van der Waals surface area contributed by atoms with Gasteiger partial charge in [-0.15, -0.1) is 11.3 Å². The molecule has 1 N–H and O–H groups in total. The van der Waals surface area contributed by atoms with Gasteiger partial charge in [0.15, 0.2) is 0 Å². The van der Waals surface area contributed by atoms with Crippen molar-refractivity contribution in [2.45, 2.75) is 13.1 Å². The second-order valence-electron chi connectivity index (χ2n) is 5.55. The van der Waals surface area contributed by atoms with E-state index >= 15 is 0 Å². The van der Waals surface area contributed by atoms with Crippen molar-refractivity contribution < 1.29 is 4.79 Å². The number of para-hydroxylation sites is 2. The summed E-state index contributed by atoms with van der Waals surface area (Å²) in [5.74, 6) is 0.0293. The van der Waals surface area contributed by atoms with Crippen LogP contribution >= 0.6 is 11.3 Å². The number of benzene rings is 2. The zero-order chi connectivity index (χ0) is 15.8. The van der Waals surface area contributed by atoms with Crippen LogP contribution in [0, 0.1) is 6.92 Å². The Kier molecular flexibility index (Phi) is 3.39. The Morgan fingerprint density at radius 1 is 0.957 bits per heavy atom. The molecule has 2 heterocycles. The first-order valence-corrected chi connectivity index (χ1v) is 8.36. The van der Waals surface area contributed by atoms with Crippen molar-refractivity contribution in [3.05, 3.63) is 82.0 Å². The van der Waals surface area contributed by atoms with Crippen molar-refractivity contribution in [1.82, 2.24) is 0 Å². The van der Waals surface area contributed by atoms with Crippen LogP contribution in [0.25, 0.3) is 0 Å². The summed E-state index contributed by atoms with van der Waals surface area (Å²) >= 11 is 1.71. The van der Waals surface area contributed by atoms with E-state index in [0.29, 0.717) is 5.56 Å². The molecule has 0 radical (unpaired) electrons. The Morgan fingerprint density at radius 3 is 2.43 bits per heavy atom. The lowest BCUT2D eigenvalue weighted by molar-refractivity contribution is 0.0975. The van der Waals surface area contributed by atoms with E-state index < -0.39 is 0 Å². The van der Waals surface area contributed by atoms with Gasteiger partial charge in [0.05, 0.1) is 5.56 Å². The predicted octanol–water partition coefficient (Wildman–Crippen LogP) is 4.83. The van der Waals surface area contributed by atoms with Crippen LogP contribution in [-0.4, -0.2) is 5.91 Å². The number of anilines is 2. The predicted molar refractivity (Wildman–Crippen MR) is 95.1 cm³/mol.